The Morgan fingerprint density at radius 3 is 2.50 bits per heavy atom. The van der Waals surface area contributed by atoms with E-state index in [2.05, 4.69) is 22.2 Å². The molecule has 0 spiro atoms. The van der Waals surface area contributed by atoms with E-state index in [0.717, 1.165) is 41.0 Å². The van der Waals surface area contributed by atoms with E-state index in [0.29, 0.717) is 24.3 Å². The number of hydrogen-bond acceptors (Lipinski definition) is 5. The van der Waals surface area contributed by atoms with E-state index >= 15 is 0 Å². The number of nitrogens with zero attached hydrogens (tertiary/aromatic N) is 2. The number of amides is 1. The maximum atomic E-state index is 12.6. The lowest BCUT2D eigenvalue weighted by Gasteiger charge is -2.36. The Kier molecular flexibility index (Phi) is 6.50. The zero-order valence-electron chi connectivity index (χ0n) is 19.7. The number of carbonyl (C=O) groups is 1. The number of carbonyl (C=O) groups excluding carboxylic acids is 1. The molecule has 0 saturated carbocycles. The number of piperidine rings is 1. The fourth-order valence-corrected chi connectivity index (χ4v) is 5.15. The highest BCUT2D eigenvalue weighted by atomic mass is 16.5. The Balaban J connectivity index is 1.17. The van der Waals surface area contributed by atoms with Crippen molar-refractivity contribution in [3.05, 3.63) is 78.1 Å². The summed E-state index contributed by atoms with van der Waals surface area (Å²) >= 11 is 0. The van der Waals surface area contributed by atoms with Gasteiger partial charge in [-0.2, -0.15) is 0 Å². The molecular weight excluding hydrogens is 426 g/mol. The molecule has 5 rings (SSSR count). The molecule has 0 aliphatic carbocycles. The third-order valence-corrected chi connectivity index (χ3v) is 7.11. The first-order valence-corrected chi connectivity index (χ1v) is 12.0. The van der Waals surface area contributed by atoms with E-state index in [-0.39, 0.29) is 12.0 Å². The summed E-state index contributed by atoms with van der Waals surface area (Å²) in [5, 5.41) is 2.97. The minimum absolute atomic E-state index is 0.199. The zero-order chi connectivity index (χ0) is 23.5. The Morgan fingerprint density at radius 1 is 1.00 bits per heavy atom. The molecule has 2 aliphatic rings. The van der Waals surface area contributed by atoms with Crippen LogP contribution in [0.25, 0.3) is 11.1 Å². The van der Waals surface area contributed by atoms with E-state index in [1.807, 2.05) is 54.6 Å². The number of aromatic nitrogens is 1. The predicted octanol–water partition coefficient (Wildman–Crippen LogP) is 4.69. The third kappa shape index (κ3) is 4.92. The Hall–Kier alpha value is -3.38. The molecule has 176 valence electrons. The minimum atomic E-state index is -0.199. The predicted molar refractivity (Wildman–Crippen MR) is 132 cm³/mol. The van der Waals surface area contributed by atoms with Crippen LogP contribution in [0.4, 0.5) is 0 Å². The summed E-state index contributed by atoms with van der Waals surface area (Å²) in [7, 11) is 3.88. The van der Waals surface area contributed by atoms with E-state index in [1.54, 1.807) is 19.4 Å². The number of benzene rings is 2. The van der Waals surface area contributed by atoms with Crippen molar-refractivity contribution in [3.8, 4) is 22.6 Å². The summed E-state index contributed by atoms with van der Waals surface area (Å²) in [6.45, 7) is 0.425. The van der Waals surface area contributed by atoms with Gasteiger partial charge in [0, 0.05) is 30.4 Å². The number of methoxy groups -OCH3 is 1. The summed E-state index contributed by atoms with van der Waals surface area (Å²) in [4.78, 5) is 19.5. The van der Waals surface area contributed by atoms with Gasteiger partial charge < -0.3 is 19.7 Å². The SMILES string of the molecule is COc1cccc(-c2ccc(C(=O)NCc3cccc(OC4C[C@@H]5CC[C@@H](C4)N5C)c3)nc2)c1. The van der Waals surface area contributed by atoms with Crippen molar-refractivity contribution in [2.45, 2.75) is 50.4 Å². The number of hydrogen-bond donors (Lipinski definition) is 1. The molecule has 2 aliphatic heterocycles. The van der Waals surface area contributed by atoms with Gasteiger partial charge in [0.05, 0.1) is 7.11 Å². The van der Waals surface area contributed by atoms with Crippen molar-refractivity contribution in [1.29, 1.82) is 0 Å². The molecule has 0 radical (unpaired) electrons. The molecule has 1 N–H and O–H groups in total. The smallest absolute Gasteiger partial charge is 0.270 e. The summed E-state index contributed by atoms with van der Waals surface area (Å²) in [5.41, 5.74) is 3.33. The first-order valence-electron chi connectivity index (χ1n) is 12.0. The quantitative estimate of drug-likeness (QED) is 0.558. The van der Waals surface area contributed by atoms with Crippen LogP contribution >= 0.6 is 0 Å². The summed E-state index contributed by atoms with van der Waals surface area (Å²) in [6.07, 6.45) is 6.72. The fourth-order valence-electron chi connectivity index (χ4n) is 5.15. The van der Waals surface area contributed by atoms with Crippen LogP contribution in [-0.2, 0) is 6.54 Å². The number of fused-ring (bicyclic) bond motifs is 2. The van der Waals surface area contributed by atoms with Crippen molar-refractivity contribution in [2.24, 2.45) is 0 Å². The molecule has 6 nitrogen and oxygen atoms in total. The largest absolute Gasteiger partial charge is 0.497 e. The van der Waals surface area contributed by atoms with Crippen molar-refractivity contribution in [3.63, 3.8) is 0 Å². The van der Waals surface area contributed by atoms with Crippen LogP contribution in [0.2, 0.25) is 0 Å². The molecular formula is C28H31N3O3. The molecule has 1 aromatic heterocycles. The highest BCUT2D eigenvalue weighted by molar-refractivity contribution is 5.92. The molecule has 2 bridgehead atoms. The normalized spacial score (nSPS) is 21.8. The van der Waals surface area contributed by atoms with Crippen molar-refractivity contribution in [1.82, 2.24) is 15.2 Å². The van der Waals surface area contributed by atoms with Crippen LogP contribution in [0.5, 0.6) is 11.5 Å². The summed E-state index contributed by atoms with van der Waals surface area (Å²) in [5.74, 6) is 1.46. The van der Waals surface area contributed by atoms with Gasteiger partial charge >= 0.3 is 0 Å². The van der Waals surface area contributed by atoms with Gasteiger partial charge in [-0.1, -0.05) is 30.3 Å². The minimum Gasteiger partial charge on any atom is -0.497 e. The van der Waals surface area contributed by atoms with Gasteiger partial charge in [0.1, 0.15) is 23.3 Å². The van der Waals surface area contributed by atoms with E-state index in [1.165, 1.54) is 12.8 Å². The van der Waals surface area contributed by atoms with Gasteiger partial charge in [-0.15, -0.1) is 0 Å². The van der Waals surface area contributed by atoms with E-state index < -0.39 is 0 Å². The van der Waals surface area contributed by atoms with Gasteiger partial charge in [-0.3, -0.25) is 9.78 Å². The molecule has 2 aromatic carbocycles. The average Bonchev–Trinajstić information content (AvgIpc) is 3.07. The first kappa shape index (κ1) is 22.4. The van der Waals surface area contributed by atoms with E-state index in [9.17, 15) is 4.79 Å². The Bertz CT molecular complexity index is 1130. The topological polar surface area (TPSA) is 63.7 Å². The monoisotopic (exact) mass is 457 g/mol. The highest BCUT2D eigenvalue weighted by Crippen LogP contribution is 2.36. The number of nitrogens with one attached hydrogen (secondary N) is 1. The highest BCUT2D eigenvalue weighted by Gasteiger charge is 2.39. The molecule has 2 fully saturated rings. The number of ether oxygens (including phenoxy) is 2. The molecule has 2 saturated heterocycles. The van der Waals surface area contributed by atoms with Crippen LogP contribution in [0.1, 0.15) is 41.7 Å². The fraction of sp³-hybridized carbons (Fsp3) is 0.357. The molecule has 34 heavy (non-hydrogen) atoms. The zero-order valence-corrected chi connectivity index (χ0v) is 19.7. The van der Waals surface area contributed by atoms with Crippen LogP contribution in [0.15, 0.2) is 66.9 Å². The van der Waals surface area contributed by atoms with Gasteiger partial charge in [0.25, 0.3) is 5.91 Å². The Labute approximate surface area is 200 Å². The lowest BCUT2D eigenvalue weighted by Crippen LogP contribution is -2.43. The van der Waals surface area contributed by atoms with Crippen LogP contribution < -0.4 is 14.8 Å². The van der Waals surface area contributed by atoms with Gasteiger partial charge in [0.15, 0.2) is 0 Å². The second-order valence-electron chi connectivity index (χ2n) is 9.26. The second kappa shape index (κ2) is 9.85. The van der Waals surface area contributed by atoms with E-state index in [4.69, 9.17) is 9.47 Å². The number of rotatable bonds is 7. The molecule has 0 unspecified atom stereocenters. The van der Waals surface area contributed by atoms with Crippen LogP contribution in [0, 0.1) is 0 Å². The molecule has 3 aromatic rings. The van der Waals surface area contributed by atoms with Crippen molar-refractivity contribution >= 4 is 5.91 Å². The van der Waals surface area contributed by atoms with Gasteiger partial charge in [-0.25, -0.2) is 0 Å². The van der Waals surface area contributed by atoms with Crippen molar-refractivity contribution < 1.29 is 14.3 Å². The molecule has 2 atom stereocenters. The lowest BCUT2D eigenvalue weighted by molar-refractivity contribution is 0.0661. The first-order chi connectivity index (χ1) is 16.6. The lowest BCUT2D eigenvalue weighted by atomic mass is 10.0. The van der Waals surface area contributed by atoms with Gasteiger partial charge in [-0.05, 0) is 74.2 Å². The average molecular weight is 458 g/mol. The van der Waals surface area contributed by atoms with Gasteiger partial charge in [0.2, 0.25) is 0 Å². The summed E-state index contributed by atoms with van der Waals surface area (Å²) < 4.78 is 11.6. The molecule has 3 heterocycles. The standard InChI is InChI=1S/C28H31N3O3/c1-31-22-10-11-23(31)16-26(15-22)34-25-8-3-5-19(13-25)17-30-28(32)27-12-9-21(18-29-27)20-6-4-7-24(14-20)33-2/h3-9,12-14,18,22-23,26H,10-11,15-17H2,1-2H3,(H,30,32)/t22-,23-/m0/s1. The third-order valence-electron chi connectivity index (χ3n) is 7.11. The van der Waals surface area contributed by atoms with Crippen LogP contribution in [-0.4, -0.2) is 48.1 Å². The Morgan fingerprint density at radius 2 is 1.76 bits per heavy atom. The summed E-state index contributed by atoms with van der Waals surface area (Å²) in [6, 6.07) is 20.7. The maximum absolute atomic E-state index is 12.6. The number of pyridine rings is 1. The van der Waals surface area contributed by atoms with Crippen LogP contribution in [0.3, 0.4) is 0 Å². The molecule has 1 amide bonds. The van der Waals surface area contributed by atoms with Crippen molar-refractivity contribution in [2.75, 3.05) is 14.2 Å². The molecule has 6 heteroatoms. The maximum Gasteiger partial charge on any atom is 0.270 e. The second-order valence-corrected chi connectivity index (χ2v) is 9.26.